The molecule has 1 N–H and O–H groups in total. The lowest BCUT2D eigenvalue weighted by molar-refractivity contribution is -0.112. The van der Waals surface area contributed by atoms with Crippen LogP contribution in [0.4, 0.5) is 5.69 Å². The van der Waals surface area contributed by atoms with Gasteiger partial charge in [0.2, 0.25) is 0 Å². The van der Waals surface area contributed by atoms with Crippen LogP contribution >= 0.6 is 27.3 Å². The van der Waals surface area contributed by atoms with E-state index in [4.69, 9.17) is 5.26 Å². The number of benzene rings is 1. The number of nitrogens with zero attached hydrogens (tertiary/aromatic N) is 1. The highest BCUT2D eigenvalue weighted by atomic mass is 79.9. The van der Waals surface area contributed by atoms with Crippen LogP contribution < -0.4 is 5.32 Å². The Morgan fingerprint density at radius 3 is 2.48 bits per heavy atom. The molecule has 0 fully saturated rings. The van der Waals surface area contributed by atoms with Gasteiger partial charge >= 0.3 is 5.97 Å². The molecular weight excluding hydrogens is 380 g/mol. The molecule has 0 saturated carbocycles. The molecule has 5 nitrogen and oxygen atoms in total. The number of nitrogens with one attached hydrogen (secondary N) is 1. The predicted molar refractivity (Wildman–Crippen MR) is 92.0 cm³/mol. The van der Waals surface area contributed by atoms with E-state index in [-0.39, 0.29) is 5.57 Å². The van der Waals surface area contributed by atoms with Gasteiger partial charge in [-0.3, -0.25) is 4.79 Å². The van der Waals surface area contributed by atoms with Crippen LogP contribution in [0.2, 0.25) is 0 Å². The fraction of sp³-hybridized carbons (Fsp3) is 0.0625. The van der Waals surface area contributed by atoms with Crippen molar-refractivity contribution in [2.24, 2.45) is 0 Å². The summed E-state index contributed by atoms with van der Waals surface area (Å²) >= 11 is 4.75. The van der Waals surface area contributed by atoms with Crippen LogP contribution in [0.1, 0.15) is 15.2 Å². The Hall–Kier alpha value is -2.43. The van der Waals surface area contributed by atoms with Gasteiger partial charge in [0.05, 0.1) is 16.5 Å². The van der Waals surface area contributed by atoms with Crippen molar-refractivity contribution in [1.29, 1.82) is 5.26 Å². The standard InChI is InChI=1S/C16H11BrN2O3S/c1-22-16(21)10-2-4-12(5-3-10)19-15(20)11(9-18)8-13-6-7-14(17)23-13/h2-8H,1H3,(H,19,20)/b11-8+. The average Bonchev–Trinajstić information content (AvgIpc) is 2.97. The number of halogens is 1. The lowest BCUT2D eigenvalue weighted by Gasteiger charge is -2.05. The molecule has 0 aliphatic heterocycles. The lowest BCUT2D eigenvalue weighted by atomic mass is 10.2. The number of carbonyl (C=O) groups is 2. The maximum Gasteiger partial charge on any atom is 0.337 e. The summed E-state index contributed by atoms with van der Waals surface area (Å²) in [5.41, 5.74) is 0.859. The molecule has 23 heavy (non-hydrogen) atoms. The summed E-state index contributed by atoms with van der Waals surface area (Å²) in [6.07, 6.45) is 1.52. The Morgan fingerprint density at radius 1 is 1.26 bits per heavy atom. The van der Waals surface area contributed by atoms with Crippen molar-refractivity contribution in [2.45, 2.75) is 0 Å². The molecule has 0 radical (unpaired) electrons. The zero-order valence-electron chi connectivity index (χ0n) is 12.0. The van der Waals surface area contributed by atoms with Crippen molar-refractivity contribution in [3.63, 3.8) is 0 Å². The summed E-state index contributed by atoms with van der Waals surface area (Å²) in [4.78, 5) is 24.3. The fourth-order valence-corrected chi connectivity index (χ4v) is 3.07. The fourth-order valence-electron chi connectivity index (χ4n) is 1.70. The van der Waals surface area contributed by atoms with Gasteiger partial charge in [-0.05, 0) is 58.4 Å². The maximum atomic E-state index is 12.1. The zero-order chi connectivity index (χ0) is 16.8. The number of carbonyl (C=O) groups excluding carboxylic acids is 2. The Kier molecular flexibility index (Phi) is 5.68. The number of ether oxygens (including phenoxy) is 1. The van der Waals surface area contributed by atoms with E-state index in [0.29, 0.717) is 11.3 Å². The van der Waals surface area contributed by atoms with Crippen molar-refractivity contribution in [3.05, 3.63) is 56.2 Å². The lowest BCUT2D eigenvalue weighted by Crippen LogP contribution is -2.13. The van der Waals surface area contributed by atoms with Crippen LogP contribution in [0, 0.1) is 11.3 Å². The van der Waals surface area contributed by atoms with Crippen molar-refractivity contribution < 1.29 is 14.3 Å². The first kappa shape index (κ1) is 16.9. The third kappa shape index (κ3) is 4.52. The first-order valence-corrected chi connectivity index (χ1v) is 8.01. The second-order valence-electron chi connectivity index (χ2n) is 4.33. The molecule has 1 aromatic heterocycles. The Balaban J connectivity index is 2.12. The number of thiophene rings is 1. The largest absolute Gasteiger partial charge is 0.465 e. The topological polar surface area (TPSA) is 79.2 Å². The number of amides is 1. The molecule has 0 aliphatic carbocycles. The molecule has 0 unspecified atom stereocenters. The highest BCUT2D eigenvalue weighted by Gasteiger charge is 2.11. The number of methoxy groups -OCH3 is 1. The van der Waals surface area contributed by atoms with Crippen molar-refractivity contribution in [1.82, 2.24) is 0 Å². The van der Waals surface area contributed by atoms with Gasteiger partial charge in [0.15, 0.2) is 0 Å². The zero-order valence-corrected chi connectivity index (χ0v) is 14.4. The Bertz CT molecular complexity index is 803. The summed E-state index contributed by atoms with van der Waals surface area (Å²) < 4.78 is 5.52. The summed E-state index contributed by atoms with van der Waals surface area (Å²) in [5, 5.41) is 11.8. The normalized spacial score (nSPS) is 10.7. The number of anilines is 1. The number of hydrogen-bond donors (Lipinski definition) is 1. The molecule has 0 spiro atoms. The third-order valence-corrected chi connectivity index (χ3v) is 4.38. The van der Waals surface area contributed by atoms with E-state index in [1.54, 1.807) is 12.1 Å². The summed E-state index contributed by atoms with van der Waals surface area (Å²) in [6, 6.07) is 11.7. The van der Waals surface area contributed by atoms with Gasteiger partial charge in [0.1, 0.15) is 11.6 Å². The van der Waals surface area contributed by atoms with E-state index in [1.165, 1.54) is 36.7 Å². The molecule has 1 heterocycles. The van der Waals surface area contributed by atoms with Crippen LogP contribution in [0.5, 0.6) is 0 Å². The van der Waals surface area contributed by atoms with Crippen molar-refractivity contribution in [2.75, 3.05) is 12.4 Å². The van der Waals surface area contributed by atoms with E-state index < -0.39 is 11.9 Å². The van der Waals surface area contributed by atoms with Crippen molar-refractivity contribution >= 4 is 50.9 Å². The molecule has 116 valence electrons. The van der Waals surface area contributed by atoms with E-state index in [0.717, 1.165) is 8.66 Å². The first-order valence-electron chi connectivity index (χ1n) is 6.40. The molecule has 7 heteroatoms. The monoisotopic (exact) mass is 390 g/mol. The summed E-state index contributed by atoms with van der Waals surface area (Å²) in [5.74, 6) is -0.966. The molecule has 0 atom stereocenters. The van der Waals surface area contributed by atoms with E-state index >= 15 is 0 Å². The SMILES string of the molecule is COC(=O)c1ccc(NC(=O)/C(C#N)=C/c2ccc(Br)s2)cc1. The minimum absolute atomic E-state index is 0.00334. The molecule has 0 saturated heterocycles. The van der Waals surface area contributed by atoms with Gasteiger partial charge in [-0.2, -0.15) is 5.26 Å². The van der Waals surface area contributed by atoms with Crippen LogP contribution in [-0.2, 0) is 9.53 Å². The Labute approximate surface area is 145 Å². The smallest absolute Gasteiger partial charge is 0.337 e. The summed E-state index contributed by atoms with van der Waals surface area (Å²) in [7, 11) is 1.30. The van der Waals surface area contributed by atoms with Gasteiger partial charge in [-0.15, -0.1) is 11.3 Å². The maximum absolute atomic E-state index is 12.1. The Morgan fingerprint density at radius 2 is 1.96 bits per heavy atom. The highest BCUT2D eigenvalue weighted by Crippen LogP contribution is 2.24. The molecule has 2 rings (SSSR count). The summed E-state index contributed by atoms with van der Waals surface area (Å²) in [6.45, 7) is 0. The predicted octanol–water partition coefficient (Wildman–Crippen LogP) is 3.84. The van der Waals surface area contributed by atoms with Crippen LogP contribution in [0.3, 0.4) is 0 Å². The first-order chi connectivity index (χ1) is 11.0. The number of rotatable bonds is 4. The second kappa shape index (κ2) is 7.72. The van der Waals surface area contributed by atoms with Crippen LogP contribution in [0.15, 0.2) is 45.8 Å². The second-order valence-corrected chi connectivity index (χ2v) is 6.83. The van der Waals surface area contributed by atoms with Crippen LogP contribution in [0.25, 0.3) is 6.08 Å². The molecule has 1 aromatic carbocycles. The van der Waals surface area contributed by atoms with E-state index in [9.17, 15) is 9.59 Å². The molecule has 0 aliphatic rings. The highest BCUT2D eigenvalue weighted by molar-refractivity contribution is 9.11. The minimum atomic E-state index is -0.511. The third-order valence-electron chi connectivity index (χ3n) is 2.81. The van der Waals surface area contributed by atoms with Crippen LogP contribution in [-0.4, -0.2) is 19.0 Å². The number of nitriles is 1. The molecular formula is C16H11BrN2O3S. The van der Waals surface area contributed by atoms with Gasteiger partial charge in [0, 0.05) is 10.6 Å². The quantitative estimate of drug-likeness (QED) is 0.488. The van der Waals surface area contributed by atoms with Gasteiger partial charge in [-0.25, -0.2) is 4.79 Å². The average molecular weight is 391 g/mol. The minimum Gasteiger partial charge on any atom is -0.465 e. The number of esters is 1. The van der Waals surface area contributed by atoms with Gasteiger partial charge in [-0.1, -0.05) is 0 Å². The molecule has 0 bridgehead atoms. The molecule has 2 aromatic rings. The van der Waals surface area contributed by atoms with Gasteiger partial charge < -0.3 is 10.1 Å². The molecule has 1 amide bonds. The van der Waals surface area contributed by atoms with Gasteiger partial charge in [0.25, 0.3) is 5.91 Å². The van der Waals surface area contributed by atoms with Crippen molar-refractivity contribution in [3.8, 4) is 6.07 Å². The van der Waals surface area contributed by atoms with E-state index in [1.807, 2.05) is 18.2 Å². The number of hydrogen-bond acceptors (Lipinski definition) is 5. The van der Waals surface area contributed by atoms with E-state index in [2.05, 4.69) is 26.0 Å².